The Morgan fingerprint density at radius 1 is 1.15 bits per heavy atom. The predicted molar refractivity (Wildman–Crippen MR) is 99.7 cm³/mol. The summed E-state index contributed by atoms with van der Waals surface area (Å²) in [6.07, 6.45) is 1.68. The molecule has 0 aliphatic heterocycles. The minimum Gasteiger partial charge on any atom is -0.464 e. The van der Waals surface area contributed by atoms with Crippen molar-refractivity contribution < 1.29 is 19.1 Å². The Bertz CT molecular complexity index is 844. The summed E-state index contributed by atoms with van der Waals surface area (Å²) in [5, 5.41) is 18.4. The molecule has 2 aromatic heterocycles. The van der Waals surface area contributed by atoms with Gasteiger partial charge in [-0.05, 0) is 13.3 Å². The van der Waals surface area contributed by atoms with Crippen LogP contribution in [0.4, 0.5) is 10.8 Å². The molecule has 11 heteroatoms. The van der Waals surface area contributed by atoms with Crippen molar-refractivity contribution in [1.82, 2.24) is 20.0 Å². The highest BCUT2D eigenvalue weighted by Gasteiger charge is 2.22. The first kappa shape index (κ1) is 20.5. The molecule has 0 unspecified atom stereocenters. The van der Waals surface area contributed by atoms with Gasteiger partial charge in [0.25, 0.3) is 0 Å². The second kappa shape index (κ2) is 9.21. The van der Waals surface area contributed by atoms with Gasteiger partial charge in [-0.3, -0.25) is 14.3 Å². The summed E-state index contributed by atoms with van der Waals surface area (Å²) >= 11 is 1.32. The second-order valence-corrected chi connectivity index (χ2v) is 6.83. The number of ether oxygens (including phenoxy) is 1. The van der Waals surface area contributed by atoms with E-state index >= 15 is 0 Å². The third kappa shape index (κ3) is 5.33. The number of aromatic nitrogens is 4. The molecule has 0 aromatic carbocycles. The molecule has 0 spiro atoms. The first-order chi connectivity index (χ1) is 12.8. The minimum absolute atomic E-state index is 0.0209. The summed E-state index contributed by atoms with van der Waals surface area (Å²) in [5.74, 6) is -1.39. The second-order valence-electron chi connectivity index (χ2n) is 5.77. The zero-order valence-electron chi connectivity index (χ0n) is 15.7. The standard InChI is InChI=1S/C16H22N6O4S/c1-5-6-12-19-20-16(27-12)18-11(24)8-7-10(23)17-13-9(2)22(3)21-14(13)15(25)26-4/h5-8H2,1-4H3,(H,17,23)(H,18,20,24). The molecule has 0 atom stereocenters. The maximum absolute atomic E-state index is 12.2. The third-order valence-corrected chi connectivity index (χ3v) is 4.63. The maximum atomic E-state index is 12.2. The van der Waals surface area contributed by atoms with Gasteiger partial charge in [-0.15, -0.1) is 10.2 Å². The highest BCUT2D eigenvalue weighted by Crippen LogP contribution is 2.21. The van der Waals surface area contributed by atoms with Gasteiger partial charge in [-0.25, -0.2) is 4.79 Å². The SMILES string of the molecule is CCCc1nnc(NC(=O)CCC(=O)Nc2c(C(=O)OC)nn(C)c2C)s1. The largest absolute Gasteiger partial charge is 0.464 e. The van der Waals surface area contributed by atoms with Crippen molar-refractivity contribution in [3.63, 3.8) is 0 Å². The smallest absolute Gasteiger partial charge is 0.360 e. The monoisotopic (exact) mass is 394 g/mol. The van der Waals surface area contributed by atoms with E-state index in [1.807, 2.05) is 6.92 Å². The molecule has 0 saturated heterocycles. The topological polar surface area (TPSA) is 128 Å². The number of hydrogen-bond donors (Lipinski definition) is 2. The van der Waals surface area contributed by atoms with Crippen LogP contribution in [0.1, 0.15) is 47.4 Å². The maximum Gasteiger partial charge on any atom is 0.360 e. The fourth-order valence-electron chi connectivity index (χ4n) is 2.23. The van der Waals surface area contributed by atoms with Crippen molar-refractivity contribution in [2.45, 2.75) is 39.5 Å². The van der Waals surface area contributed by atoms with Crippen LogP contribution in [0.15, 0.2) is 0 Å². The third-order valence-electron chi connectivity index (χ3n) is 3.73. The Hall–Kier alpha value is -2.82. The van der Waals surface area contributed by atoms with Crippen LogP contribution in [0.3, 0.4) is 0 Å². The number of amides is 2. The van der Waals surface area contributed by atoms with E-state index in [4.69, 9.17) is 0 Å². The van der Waals surface area contributed by atoms with Crippen LogP contribution < -0.4 is 10.6 Å². The Kier molecular flexibility index (Phi) is 6.99. The molecule has 146 valence electrons. The van der Waals surface area contributed by atoms with E-state index < -0.39 is 11.9 Å². The zero-order chi connectivity index (χ0) is 20.0. The van der Waals surface area contributed by atoms with Crippen LogP contribution in [0.2, 0.25) is 0 Å². The van der Waals surface area contributed by atoms with Crippen molar-refractivity contribution >= 4 is 39.9 Å². The number of carbonyl (C=O) groups is 3. The molecule has 2 N–H and O–H groups in total. The van der Waals surface area contributed by atoms with E-state index in [9.17, 15) is 14.4 Å². The lowest BCUT2D eigenvalue weighted by Crippen LogP contribution is -2.18. The summed E-state index contributed by atoms with van der Waals surface area (Å²) in [5.41, 5.74) is 0.904. The lowest BCUT2D eigenvalue weighted by atomic mass is 10.2. The molecule has 10 nitrogen and oxygen atoms in total. The molecule has 0 aliphatic rings. The van der Waals surface area contributed by atoms with Gasteiger partial charge in [0.15, 0.2) is 5.69 Å². The zero-order valence-corrected chi connectivity index (χ0v) is 16.5. The Morgan fingerprint density at radius 3 is 2.44 bits per heavy atom. The van der Waals surface area contributed by atoms with Gasteiger partial charge in [-0.2, -0.15) is 5.10 Å². The predicted octanol–water partition coefficient (Wildman–Crippen LogP) is 1.68. The summed E-state index contributed by atoms with van der Waals surface area (Å²) in [7, 11) is 2.89. The molecule has 2 aromatic rings. The van der Waals surface area contributed by atoms with Gasteiger partial charge in [-0.1, -0.05) is 18.3 Å². The molecule has 0 bridgehead atoms. The molecule has 0 saturated carbocycles. The fraction of sp³-hybridized carbons (Fsp3) is 0.500. The molecule has 2 heterocycles. The average Bonchev–Trinajstić information content (AvgIpc) is 3.19. The Labute approximate surface area is 160 Å². The number of nitrogens with one attached hydrogen (secondary N) is 2. The van der Waals surface area contributed by atoms with E-state index in [-0.39, 0.29) is 30.1 Å². The number of rotatable bonds is 8. The van der Waals surface area contributed by atoms with Gasteiger partial charge in [0.2, 0.25) is 16.9 Å². The Balaban J connectivity index is 1.90. The van der Waals surface area contributed by atoms with Crippen LogP contribution >= 0.6 is 11.3 Å². The normalized spacial score (nSPS) is 10.5. The summed E-state index contributed by atoms with van der Waals surface area (Å²) in [6, 6.07) is 0. The van der Waals surface area contributed by atoms with Crippen molar-refractivity contribution in [3.8, 4) is 0 Å². The molecule has 0 fully saturated rings. The summed E-state index contributed by atoms with van der Waals surface area (Å²) < 4.78 is 6.14. The number of hydrogen-bond acceptors (Lipinski definition) is 8. The van der Waals surface area contributed by atoms with Crippen molar-refractivity contribution in [2.24, 2.45) is 7.05 Å². The van der Waals surface area contributed by atoms with Gasteiger partial charge >= 0.3 is 5.97 Å². The van der Waals surface area contributed by atoms with Crippen LogP contribution in [0.5, 0.6) is 0 Å². The highest BCUT2D eigenvalue weighted by atomic mass is 32.1. The van der Waals surface area contributed by atoms with E-state index in [1.54, 1.807) is 14.0 Å². The van der Waals surface area contributed by atoms with E-state index in [0.29, 0.717) is 10.8 Å². The molecule has 0 aliphatic carbocycles. The summed E-state index contributed by atoms with van der Waals surface area (Å²) in [6.45, 7) is 3.75. The first-order valence-corrected chi connectivity index (χ1v) is 9.21. The van der Waals surface area contributed by atoms with Crippen LogP contribution in [-0.2, 0) is 27.8 Å². The van der Waals surface area contributed by atoms with E-state index in [0.717, 1.165) is 17.8 Å². The fourth-order valence-corrected chi connectivity index (χ4v) is 3.08. The number of anilines is 2. The number of nitrogens with zero attached hydrogens (tertiary/aromatic N) is 4. The van der Waals surface area contributed by atoms with Crippen LogP contribution in [0, 0.1) is 6.92 Å². The van der Waals surface area contributed by atoms with Crippen LogP contribution in [-0.4, -0.2) is 44.9 Å². The molecule has 2 amide bonds. The lowest BCUT2D eigenvalue weighted by molar-refractivity contribution is -0.121. The highest BCUT2D eigenvalue weighted by molar-refractivity contribution is 7.15. The number of aryl methyl sites for hydroxylation is 2. The lowest BCUT2D eigenvalue weighted by Gasteiger charge is -2.06. The molecule has 27 heavy (non-hydrogen) atoms. The van der Waals surface area contributed by atoms with Crippen molar-refractivity contribution in [1.29, 1.82) is 0 Å². The molecule has 2 rings (SSSR count). The van der Waals surface area contributed by atoms with E-state index in [2.05, 4.69) is 30.7 Å². The summed E-state index contributed by atoms with van der Waals surface area (Å²) in [4.78, 5) is 35.9. The number of esters is 1. The molecular weight excluding hydrogens is 372 g/mol. The number of carbonyl (C=O) groups excluding carboxylic acids is 3. The average molecular weight is 394 g/mol. The quantitative estimate of drug-likeness (QED) is 0.652. The minimum atomic E-state index is -0.647. The first-order valence-electron chi connectivity index (χ1n) is 8.39. The van der Waals surface area contributed by atoms with Crippen molar-refractivity contribution in [3.05, 3.63) is 16.4 Å². The van der Waals surface area contributed by atoms with Crippen LogP contribution in [0.25, 0.3) is 0 Å². The van der Waals surface area contributed by atoms with Crippen molar-refractivity contribution in [2.75, 3.05) is 17.7 Å². The number of methoxy groups -OCH3 is 1. The Morgan fingerprint density at radius 2 is 1.81 bits per heavy atom. The molecular formula is C16H22N6O4S. The van der Waals surface area contributed by atoms with Gasteiger partial charge in [0.1, 0.15) is 5.01 Å². The van der Waals surface area contributed by atoms with Gasteiger partial charge in [0.05, 0.1) is 18.5 Å². The molecule has 0 radical (unpaired) electrons. The van der Waals surface area contributed by atoms with Gasteiger partial charge in [0, 0.05) is 26.3 Å². The van der Waals surface area contributed by atoms with E-state index in [1.165, 1.54) is 23.1 Å². The van der Waals surface area contributed by atoms with Gasteiger partial charge < -0.3 is 15.4 Å².